The Balaban J connectivity index is 1.52. The maximum Gasteiger partial charge on any atom is 0.264 e. The summed E-state index contributed by atoms with van der Waals surface area (Å²) in [6, 6.07) is 4.92. The van der Waals surface area contributed by atoms with E-state index in [9.17, 15) is 19.2 Å². The molecule has 1 aromatic rings. The van der Waals surface area contributed by atoms with E-state index in [1.165, 1.54) is 7.05 Å². The van der Waals surface area contributed by atoms with Gasteiger partial charge in [0.2, 0.25) is 5.91 Å². The quantitative estimate of drug-likeness (QED) is 0.458. The number of fused-ring (bicyclic) bond motifs is 1. The summed E-state index contributed by atoms with van der Waals surface area (Å²) in [7, 11) is 1.51. The van der Waals surface area contributed by atoms with Gasteiger partial charge in [-0.15, -0.1) is 0 Å². The zero-order valence-electron chi connectivity index (χ0n) is 17.1. The van der Waals surface area contributed by atoms with Crippen molar-refractivity contribution in [1.82, 2.24) is 20.4 Å². The Morgan fingerprint density at radius 3 is 2.53 bits per heavy atom. The third kappa shape index (κ3) is 3.59. The van der Waals surface area contributed by atoms with E-state index >= 15 is 0 Å². The fourth-order valence-electron chi connectivity index (χ4n) is 4.37. The number of carbonyl (C=O) groups excluding carboxylic acids is 4. The van der Waals surface area contributed by atoms with Gasteiger partial charge >= 0.3 is 0 Å². The number of nitrogens with one attached hydrogen (secondary N) is 2. The molecule has 2 N–H and O–H groups in total. The summed E-state index contributed by atoms with van der Waals surface area (Å²) in [6.07, 6.45) is 0.756. The van der Waals surface area contributed by atoms with Crippen molar-refractivity contribution in [2.45, 2.75) is 24.9 Å². The van der Waals surface area contributed by atoms with Gasteiger partial charge in [0.25, 0.3) is 11.8 Å². The number of rotatable bonds is 7. The first-order chi connectivity index (χ1) is 14.5. The number of anilines is 1. The van der Waals surface area contributed by atoms with Gasteiger partial charge in [0.05, 0.1) is 22.9 Å². The number of hydrogen-bond acceptors (Lipinski definition) is 7. The summed E-state index contributed by atoms with van der Waals surface area (Å²) in [6.45, 7) is 5.41. The van der Waals surface area contributed by atoms with Crippen molar-refractivity contribution in [2.24, 2.45) is 0 Å². The molecule has 3 heterocycles. The molecule has 3 amide bonds. The fraction of sp³-hybridized carbons (Fsp3) is 0.524. The molecule has 1 unspecified atom stereocenters. The minimum Gasteiger partial charge on any atom is -0.368 e. The van der Waals surface area contributed by atoms with Gasteiger partial charge < -0.3 is 20.3 Å². The summed E-state index contributed by atoms with van der Waals surface area (Å²) >= 11 is 0. The van der Waals surface area contributed by atoms with Crippen molar-refractivity contribution >= 4 is 29.7 Å². The predicted octanol–water partition coefficient (Wildman–Crippen LogP) is -0.530. The third-order valence-corrected chi connectivity index (χ3v) is 6.29. The number of amides is 3. The van der Waals surface area contributed by atoms with Gasteiger partial charge in [0.1, 0.15) is 6.29 Å². The van der Waals surface area contributed by atoms with Crippen LogP contribution in [0.3, 0.4) is 0 Å². The van der Waals surface area contributed by atoms with Gasteiger partial charge in [-0.2, -0.15) is 0 Å². The highest BCUT2D eigenvalue weighted by Gasteiger charge is 2.42. The van der Waals surface area contributed by atoms with Gasteiger partial charge in [-0.1, -0.05) is 6.07 Å². The van der Waals surface area contributed by atoms with Gasteiger partial charge in [-0.3, -0.25) is 24.2 Å². The van der Waals surface area contributed by atoms with Gasteiger partial charge in [0, 0.05) is 58.8 Å². The van der Waals surface area contributed by atoms with Crippen molar-refractivity contribution in [3.05, 3.63) is 29.3 Å². The number of piperazine rings is 1. The standard InChI is InChI=1S/C21H27N5O4/c1-22-18(28)6-5-14(13-27)26-20(29)16-3-2-4-17(19(16)21(26)30)25-9-7-24(8-10-25)15-11-23-12-15/h2-4,13-15,23H,5-12H2,1H3,(H,22,28). The lowest BCUT2D eigenvalue weighted by Gasteiger charge is -2.44. The van der Waals surface area contributed by atoms with Gasteiger partial charge in [0.15, 0.2) is 0 Å². The molecule has 9 nitrogen and oxygen atoms in total. The number of imide groups is 1. The van der Waals surface area contributed by atoms with Gasteiger partial charge in [-0.25, -0.2) is 0 Å². The van der Waals surface area contributed by atoms with Crippen molar-refractivity contribution in [3.8, 4) is 0 Å². The van der Waals surface area contributed by atoms with Crippen LogP contribution < -0.4 is 15.5 Å². The molecule has 3 aliphatic heterocycles. The molecule has 30 heavy (non-hydrogen) atoms. The SMILES string of the molecule is CNC(=O)CCC(C=O)N1C(=O)c2cccc(N3CCN(C4CNC4)CC3)c2C1=O. The molecule has 9 heteroatoms. The molecule has 2 saturated heterocycles. The zero-order chi connectivity index (χ0) is 21.3. The van der Waals surface area contributed by atoms with Crippen LogP contribution in [0, 0.1) is 0 Å². The normalized spacial score (nSPS) is 20.7. The predicted molar refractivity (Wildman–Crippen MR) is 111 cm³/mol. The number of nitrogens with zero attached hydrogens (tertiary/aromatic N) is 3. The van der Waals surface area contributed by atoms with E-state index in [-0.39, 0.29) is 18.7 Å². The topological polar surface area (TPSA) is 102 Å². The molecule has 0 aliphatic carbocycles. The van der Waals surface area contributed by atoms with Crippen LogP contribution in [0.4, 0.5) is 5.69 Å². The Labute approximate surface area is 175 Å². The van der Waals surface area contributed by atoms with Gasteiger partial charge in [-0.05, 0) is 18.6 Å². The Morgan fingerprint density at radius 1 is 1.20 bits per heavy atom. The number of benzene rings is 1. The van der Waals surface area contributed by atoms with E-state index in [1.807, 2.05) is 6.07 Å². The lowest BCUT2D eigenvalue weighted by Crippen LogP contribution is -2.61. The fourth-order valence-corrected chi connectivity index (χ4v) is 4.37. The van der Waals surface area contributed by atoms with Crippen LogP contribution in [0.25, 0.3) is 0 Å². The average Bonchev–Trinajstić information content (AvgIpc) is 2.99. The van der Waals surface area contributed by atoms with Crippen molar-refractivity contribution in [1.29, 1.82) is 0 Å². The number of hydrogen-bond donors (Lipinski definition) is 2. The Bertz CT molecular complexity index is 861. The second-order valence-corrected chi connectivity index (χ2v) is 7.93. The van der Waals surface area contributed by atoms with Crippen LogP contribution in [0.2, 0.25) is 0 Å². The maximum absolute atomic E-state index is 13.2. The first-order valence-corrected chi connectivity index (χ1v) is 10.4. The zero-order valence-corrected chi connectivity index (χ0v) is 17.1. The highest BCUT2D eigenvalue weighted by Crippen LogP contribution is 2.34. The van der Waals surface area contributed by atoms with E-state index < -0.39 is 17.9 Å². The number of aldehydes is 1. The second kappa shape index (κ2) is 8.53. The molecule has 3 aliphatic rings. The van der Waals surface area contributed by atoms with Crippen LogP contribution in [-0.2, 0) is 9.59 Å². The van der Waals surface area contributed by atoms with E-state index in [0.29, 0.717) is 23.5 Å². The van der Waals surface area contributed by atoms with Crippen LogP contribution in [0.15, 0.2) is 18.2 Å². The molecular weight excluding hydrogens is 386 g/mol. The van der Waals surface area contributed by atoms with E-state index in [0.717, 1.165) is 49.9 Å². The van der Waals surface area contributed by atoms with Crippen LogP contribution in [0.1, 0.15) is 33.6 Å². The van der Waals surface area contributed by atoms with E-state index in [1.54, 1.807) is 12.1 Å². The highest BCUT2D eigenvalue weighted by molar-refractivity contribution is 6.24. The number of carbonyl (C=O) groups is 4. The Morgan fingerprint density at radius 2 is 1.93 bits per heavy atom. The summed E-state index contributed by atoms with van der Waals surface area (Å²) in [5, 5.41) is 5.78. The second-order valence-electron chi connectivity index (χ2n) is 7.93. The largest absolute Gasteiger partial charge is 0.368 e. The first-order valence-electron chi connectivity index (χ1n) is 10.4. The molecule has 0 radical (unpaired) electrons. The van der Waals surface area contributed by atoms with Crippen molar-refractivity contribution < 1.29 is 19.2 Å². The monoisotopic (exact) mass is 413 g/mol. The van der Waals surface area contributed by atoms with E-state index in [2.05, 4.69) is 20.4 Å². The molecule has 0 bridgehead atoms. The molecule has 4 rings (SSSR count). The summed E-state index contributed by atoms with van der Waals surface area (Å²) in [4.78, 5) is 55.0. The smallest absolute Gasteiger partial charge is 0.264 e. The van der Waals surface area contributed by atoms with Crippen LogP contribution in [0.5, 0.6) is 0 Å². The molecule has 1 atom stereocenters. The first kappa shape index (κ1) is 20.5. The maximum atomic E-state index is 13.2. The molecular formula is C21H27N5O4. The summed E-state index contributed by atoms with van der Waals surface area (Å²) < 4.78 is 0. The van der Waals surface area contributed by atoms with Crippen molar-refractivity contribution in [3.63, 3.8) is 0 Å². The van der Waals surface area contributed by atoms with Crippen molar-refractivity contribution in [2.75, 3.05) is 51.2 Å². The van der Waals surface area contributed by atoms with Crippen LogP contribution in [-0.4, -0.2) is 92.2 Å². The van der Waals surface area contributed by atoms with Crippen LogP contribution >= 0.6 is 0 Å². The molecule has 0 saturated carbocycles. The van der Waals surface area contributed by atoms with E-state index in [4.69, 9.17) is 0 Å². The third-order valence-electron chi connectivity index (χ3n) is 6.29. The highest BCUT2D eigenvalue weighted by atomic mass is 16.2. The summed E-state index contributed by atoms with van der Waals surface area (Å²) in [5.74, 6) is -1.16. The average molecular weight is 413 g/mol. The lowest BCUT2D eigenvalue weighted by atomic mass is 10.0. The molecule has 1 aromatic carbocycles. The minimum absolute atomic E-state index is 0.0676. The molecule has 2 fully saturated rings. The Kier molecular flexibility index (Phi) is 5.83. The molecule has 0 spiro atoms. The summed E-state index contributed by atoms with van der Waals surface area (Å²) in [5.41, 5.74) is 1.44. The molecule has 160 valence electrons. The molecule has 0 aromatic heterocycles. The minimum atomic E-state index is -0.953. The Hall–Kier alpha value is -2.78. The lowest BCUT2D eigenvalue weighted by molar-refractivity contribution is -0.121.